The minimum Gasteiger partial charge on any atom is -0.491 e. The van der Waals surface area contributed by atoms with E-state index in [0.29, 0.717) is 6.04 Å². The second kappa shape index (κ2) is 6.80. The molecule has 1 atom stereocenters. The van der Waals surface area contributed by atoms with Gasteiger partial charge < -0.3 is 15.0 Å². The van der Waals surface area contributed by atoms with Crippen LogP contribution in [0.2, 0.25) is 0 Å². The van der Waals surface area contributed by atoms with E-state index in [9.17, 15) is 0 Å². The molecule has 0 spiro atoms. The predicted octanol–water partition coefficient (Wildman–Crippen LogP) is 3.61. The van der Waals surface area contributed by atoms with Crippen molar-refractivity contribution in [2.75, 3.05) is 21.1 Å². The molecule has 3 nitrogen and oxygen atoms in total. The zero-order valence-corrected chi connectivity index (χ0v) is 14.1. The van der Waals surface area contributed by atoms with Gasteiger partial charge in [-0.2, -0.15) is 0 Å². The minimum absolute atomic E-state index is 0.186. The molecule has 0 radical (unpaired) electrons. The minimum atomic E-state index is 0.186. The molecule has 0 heterocycles. The van der Waals surface area contributed by atoms with Crippen molar-refractivity contribution in [3.8, 4) is 5.75 Å². The Kier molecular flexibility index (Phi) is 5.28. The van der Waals surface area contributed by atoms with E-state index in [1.807, 2.05) is 0 Å². The number of nitrogens with zero attached hydrogens (tertiary/aromatic N) is 1. The highest BCUT2D eigenvalue weighted by Crippen LogP contribution is 2.45. The van der Waals surface area contributed by atoms with Crippen molar-refractivity contribution >= 4 is 0 Å². The van der Waals surface area contributed by atoms with Gasteiger partial charge in [0.2, 0.25) is 0 Å². The fraction of sp³-hybridized carbons (Fsp3) is 0.667. The first kappa shape index (κ1) is 16.3. The van der Waals surface area contributed by atoms with Gasteiger partial charge >= 0.3 is 0 Å². The number of hydrogen-bond donors (Lipinski definition) is 1. The first-order chi connectivity index (χ1) is 10.0. The normalized spacial score (nSPS) is 19.2. The van der Waals surface area contributed by atoms with Crippen LogP contribution in [0.4, 0.5) is 0 Å². The Labute approximate surface area is 129 Å². The van der Waals surface area contributed by atoms with Crippen molar-refractivity contribution in [1.82, 2.24) is 10.2 Å². The van der Waals surface area contributed by atoms with Gasteiger partial charge in [0, 0.05) is 11.1 Å². The molecule has 1 saturated carbocycles. The quantitative estimate of drug-likeness (QED) is 0.866. The summed E-state index contributed by atoms with van der Waals surface area (Å²) in [5, 5.41) is 3.57. The molecule has 0 aliphatic heterocycles. The van der Waals surface area contributed by atoms with Crippen molar-refractivity contribution in [3.05, 3.63) is 29.8 Å². The van der Waals surface area contributed by atoms with Gasteiger partial charge in [-0.25, -0.2) is 0 Å². The smallest absolute Gasteiger partial charge is 0.124 e. The van der Waals surface area contributed by atoms with Gasteiger partial charge in [-0.05, 0) is 53.9 Å². The van der Waals surface area contributed by atoms with Crippen LogP contribution in [0.5, 0.6) is 5.75 Å². The summed E-state index contributed by atoms with van der Waals surface area (Å²) in [5.41, 5.74) is 1.47. The van der Waals surface area contributed by atoms with E-state index >= 15 is 0 Å². The third-order valence-corrected chi connectivity index (χ3v) is 4.78. The summed E-state index contributed by atoms with van der Waals surface area (Å²) >= 11 is 0. The summed E-state index contributed by atoms with van der Waals surface area (Å²) in [6.45, 7) is 4.17. The highest BCUT2D eigenvalue weighted by molar-refractivity contribution is 5.38. The Balaban J connectivity index is 2.41. The third-order valence-electron chi connectivity index (χ3n) is 4.78. The zero-order valence-electron chi connectivity index (χ0n) is 14.1. The Morgan fingerprint density at radius 2 is 1.76 bits per heavy atom. The average molecular weight is 290 g/mol. The molecule has 0 saturated heterocycles. The number of benzene rings is 1. The fourth-order valence-electron chi connectivity index (χ4n) is 3.78. The van der Waals surface area contributed by atoms with Gasteiger partial charge in [-0.1, -0.05) is 31.0 Å². The Hall–Kier alpha value is -1.06. The maximum atomic E-state index is 6.05. The highest BCUT2D eigenvalue weighted by Gasteiger charge is 2.44. The summed E-state index contributed by atoms with van der Waals surface area (Å²) in [4.78, 5) is 2.41. The van der Waals surface area contributed by atoms with Gasteiger partial charge in [0.15, 0.2) is 0 Å². The molecule has 1 aliphatic carbocycles. The Morgan fingerprint density at radius 1 is 1.14 bits per heavy atom. The third kappa shape index (κ3) is 3.24. The molecule has 3 heteroatoms. The lowest BCUT2D eigenvalue weighted by Crippen LogP contribution is -2.51. The highest BCUT2D eigenvalue weighted by atomic mass is 16.5. The van der Waals surface area contributed by atoms with Crippen LogP contribution in [-0.2, 0) is 0 Å². The first-order valence-electron chi connectivity index (χ1n) is 8.11. The SMILES string of the molecule is CNC(c1ccccc1OC(C)C)C1(N(C)C)CCCC1. The first-order valence-corrected chi connectivity index (χ1v) is 8.11. The van der Waals surface area contributed by atoms with Gasteiger partial charge in [0.25, 0.3) is 0 Å². The molecule has 1 aromatic carbocycles. The average Bonchev–Trinajstić information content (AvgIpc) is 2.91. The molecular formula is C18H30N2O. The number of ether oxygens (including phenoxy) is 1. The van der Waals surface area contributed by atoms with Crippen LogP contribution in [0.1, 0.15) is 51.1 Å². The second-order valence-electron chi connectivity index (χ2n) is 6.63. The molecule has 1 aromatic rings. The maximum Gasteiger partial charge on any atom is 0.124 e. The molecule has 1 fully saturated rings. The Bertz CT molecular complexity index is 450. The van der Waals surface area contributed by atoms with E-state index in [0.717, 1.165) is 5.75 Å². The largest absolute Gasteiger partial charge is 0.491 e. The van der Waals surface area contributed by atoms with Crippen molar-refractivity contribution < 1.29 is 4.74 Å². The molecule has 21 heavy (non-hydrogen) atoms. The zero-order chi connectivity index (χ0) is 15.5. The number of rotatable bonds is 6. The maximum absolute atomic E-state index is 6.05. The van der Waals surface area contributed by atoms with Crippen LogP contribution < -0.4 is 10.1 Å². The summed E-state index contributed by atoms with van der Waals surface area (Å²) in [6.07, 6.45) is 5.29. The van der Waals surface area contributed by atoms with Gasteiger partial charge in [-0.3, -0.25) is 0 Å². The topological polar surface area (TPSA) is 24.5 Å². The van der Waals surface area contributed by atoms with Gasteiger partial charge in [0.05, 0.1) is 12.1 Å². The van der Waals surface area contributed by atoms with Crippen LogP contribution in [0.15, 0.2) is 24.3 Å². The lowest BCUT2D eigenvalue weighted by atomic mass is 9.82. The summed E-state index contributed by atoms with van der Waals surface area (Å²) < 4.78 is 6.05. The van der Waals surface area contributed by atoms with Crippen LogP contribution in [-0.4, -0.2) is 37.7 Å². The predicted molar refractivity (Wildman–Crippen MR) is 88.9 cm³/mol. The molecule has 0 aromatic heterocycles. The number of hydrogen-bond acceptors (Lipinski definition) is 3. The fourth-order valence-corrected chi connectivity index (χ4v) is 3.78. The van der Waals surface area contributed by atoms with E-state index in [1.54, 1.807) is 0 Å². The molecule has 0 bridgehead atoms. The van der Waals surface area contributed by atoms with Gasteiger partial charge in [-0.15, -0.1) is 0 Å². The van der Waals surface area contributed by atoms with Crippen molar-refractivity contribution in [2.24, 2.45) is 0 Å². The lowest BCUT2D eigenvalue weighted by Gasteiger charge is -2.44. The van der Waals surface area contributed by atoms with E-state index in [1.165, 1.54) is 31.2 Å². The van der Waals surface area contributed by atoms with E-state index in [-0.39, 0.29) is 11.6 Å². The number of likely N-dealkylation sites (N-methyl/N-ethyl adjacent to an activating group) is 2. The van der Waals surface area contributed by atoms with Crippen molar-refractivity contribution in [2.45, 2.75) is 57.2 Å². The number of nitrogens with one attached hydrogen (secondary N) is 1. The standard InChI is InChI=1S/C18H30N2O/c1-14(2)21-16-11-7-6-10-15(16)17(19-3)18(20(4)5)12-8-9-13-18/h6-7,10-11,14,17,19H,8-9,12-13H2,1-5H3. The molecular weight excluding hydrogens is 260 g/mol. The monoisotopic (exact) mass is 290 g/mol. The van der Waals surface area contributed by atoms with E-state index in [4.69, 9.17) is 4.74 Å². The van der Waals surface area contributed by atoms with Crippen LogP contribution in [0.3, 0.4) is 0 Å². The number of para-hydroxylation sites is 1. The molecule has 1 N–H and O–H groups in total. The Morgan fingerprint density at radius 3 is 2.29 bits per heavy atom. The van der Waals surface area contributed by atoms with Crippen molar-refractivity contribution in [1.29, 1.82) is 0 Å². The molecule has 0 amide bonds. The second-order valence-corrected chi connectivity index (χ2v) is 6.63. The van der Waals surface area contributed by atoms with Gasteiger partial charge in [0.1, 0.15) is 5.75 Å². The molecule has 1 unspecified atom stereocenters. The van der Waals surface area contributed by atoms with Crippen molar-refractivity contribution in [3.63, 3.8) is 0 Å². The lowest BCUT2D eigenvalue weighted by molar-refractivity contribution is 0.106. The molecule has 118 valence electrons. The van der Waals surface area contributed by atoms with E-state index < -0.39 is 0 Å². The summed E-state index contributed by atoms with van der Waals surface area (Å²) in [6, 6.07) is 8.78. The van der Waals surface area contributed by atoms with Crippen LogP contribution in [0.25, 0.3) is 0 Å². The summed E-state index contributed by atoms with van der Waals surface area (Å²) in [5.74, 6) is 1.01. The summed E-state index contributed by atoms with van der Waals surface area (Å²) in [7, 11) is 6.49. The van der Waals surface area contributed by atoms with E-state index in [2.05, 4.69) is 69.5 Å². The molecule has 1 aliphatic rings. The van der Waals surface area contributed by atoms with Crippen LogP contribution in [0, 0.1) is 0 Å². The van der Waals surface area contributed by atoms with Crippen LogP contribution >= 0.6 is 0 Å². The molecule has 2 rings (SSSR count).